The molecule has 0 aliphatic carbocycles. The topological polar surface area (TPSA) is 73.9 Å². The third kappa shape index (κ3) is 4.50. The van der Waals surface area contributed by atoms with E-state index in [2.05, 4.69) is 5.32 Å². The number of methoxy groups -OCH3 is 2. The van der Waals surface area contributed by atoms with E-state index < -0.39 is 11.9 Å². The maximum Gasteiger partial charge on any atom is 0.306 e. The first-order valence-corrected chi connectivity index (χ1v) is 5.78. The van der Waals surface area contributed by atoms with Gasteiger partial charge < -0.3 is 19.5 Å². The van der Waals surface area contributed by atoms with Crippen LogP contribution in [0.15, 0.2) is 18.2 Å². The average Bonchev–Trinajstić information content (AvgIpc) is 2.45. The maximum absolute atomic E-state index is 11.6. The second kappa shape index (κ2) is 7.25. The summed E-state index contributed by atoms with van der Waals surface area (Å²) in [5, 5.41) is 2.60. The molecule has 0 radical (unpaired) electrons. The molecule has 0 spiro atoms. The minimum Gasteiger partial charge on any atom is -0.497 e. The van der Waals surface area contributed by atoms with Crippen molar-refractivity contribution in [1.29, 1.82) is 0 Å². The van der Waals surface area contributed by atoms with E-state index in [4.69, 9.17) is 14.2 Å². The standard InChI is InChI=1S/C13H17NO5/c1-4-13(16)19-8-12(15)14-10-6-5-9(17-2)7-11(10)18-3/h5-7H,4,8H2,1-3H3,(H,14,15). The number of hydrogen-bond donors (Lipinski definition) is 1. The van der Waals surface area contributed by atoms with Crippen molar-refractivity contribution in [3.8, 4) is 11.5 Å². The number of esters is 1. The molecule has 6 heteroatoms. The van der Waals surface area contributed by atoms with E-state index in [1.807, 2.05) is 0 Å². The van der Waals surface area contributed by atoms with Crippen LogP contribution in [0.2, 0.25) is 0 Å². The molecule has 0 saturated heterocycles. The van der Waals surface area contributed by atoms with Crippen molar-refractivity contribution < 1.29 is 23.8 Å². The lowest BCUT2D eigenvalue weighted by Crippen LogP contribution is -2.20. The first-order chi connectivity index (χ1) is 9.10. The van der Waals surface area contributed by atoms with Crippen LogP contribution in [0.25, 0.3) is 0 Å². The molecule has 1 rings (SSSR count). The first kappa shape index (κ1) is 14.8. The Morgan fingerprint density at radius 3 is 2.53 bits per heavy atom. The molecule has 0 aromatic heterocycles. The maximum atomic E-state index is 11.6. The quantitative estimate of drug-likeness (QED) is 0.792. The molecule has 0 atom stereocenters. The summed E-state index contributed by atoms with van der Waals surface area (Å²) in [6, 6.07) is 4.99. The number of hydrogen-bond acceptors (Lipinski definition) is 5. The number of benzene rings is 1. The highest BCUT2D eigenvalue weighted by Gasteiger charge is 2.10. The number of nitrogens with one attached hydrogen (secondary N) is 1. The van der Waals surface area contributed by atoms with Crippen molar-refractivity contribution in [3.63, 3.8) is 0 Å². The molecule has 1 N–H and O–H groups in total. The zero-order valence-electron chi connectivity index (χ0n) is 11.2. The van der Waals surface area contributed by atoms with Gasteiger partial charge in [-0.25, -0.2) is 0 Å². The molecular weight excluding hydrogens is 250 g/mol. The second-order valence-electron chi connectivity index (χ2n) is 3.63. The number of carbonyl (C=O) groups excluding carboxylic acids is 2. The Morgan fingerprint density at radius 2 is 1.95 bits per heavy atom. The summed E-state index contributed by atoms with van der Waals surface area (Å²) in [6.07, 6.45) is 0.235. The van der Waals surface area contributed by atoms with E-state index in [0.29, 0.717) is 17.2 Å². The molecule has 0 fully saturated rings. The van der Waals surface area contributed by atoms with Crippen molar-refractivity contribution in [2.45, 2.75) is 13.3 Å². The van der Waals surface area contributed by atoms with Gasteiger partial charge in [-0.1, -0.05) is 6.92 Å². The summed E-state index contributed by atoms with van der Waals surface area (Å²) < 4.78 is 14.9. The highest BCUT2D eigenvalue weighted by Crippen LogP contribution is 2.28. The van der Waals surface area contributed by atoms with Crippen LogP contribution in [0.4, 0.5) is 5.69 Å². The average molecular weight is 267 g/mol. The highest BCUT2D eigenvalue weighted by molar-refractivity contribution is 5.94. The van der Waals surface area contributed by atoms with Crippen LogP contribution in [-0.2, 0) is 14.3 Å². The molecule has 6 nitrogen and oxygen atoms in total. The Labute approximate surface area is 111 Å². The van der Waals surface area contributed by atoms with E-state index in [9.17, 15) is 9.59 Å². The van der Waals surface area contributed by atoms with Gasteiger partial charge in [0.15, 0.2) is 6.61 Å². The second-order valence-corrected chi connectivity index (χ2v) is 3.63. The van der Waals surface area contributed by atoms with E-state index in [1.54, 1.807) is 25.1 Å². The zero-order valence-corrected chi connectivity index (χ0v) is 11.2. The van der Waals surface area contributed by atoms with Crippen molar-refractivity contribution in [3.05, 3.63) is 18.2 Å². The molecular formula is C13H17NO5. The predicted octanol–water partition coefficient (Wildman–Crippen LogP) is 1.60. The van der Waals surface area contributed by atoms with Crippen molar-refractivity contribution >= 4 is 17.6 Å². The third-order valence-electron chi connectivity index (χ3n) is 2.34. The molecule has 1 aromatic rings. The van der Waals surface area contributed by atoms with Crippen LogP contribution in [0.3, 0.4) is 0 Å². The number of anilines is 1. The molecule has 0 aliphatic rings. The number of rotatable bonds is 6. The van der Waals surface area contributed by atoms with E-state index in [1.165, 1.54) is 14.2 Å². The molecule has 19 heavy (non-hydrogen) atoms. The van der Waals surface area contributed by atoms with Crippen LogP contribution in [0.5, 0.6) is 11.5 Å². The van der Waals surface area contributed by atoms with Crippen molar-refractivity contribution in [2.24, 2.45) is 0 Å². The van der Waals surface area contributed by atoms with Gasteiger partial charge in [0.2, 0.25) is 0 Å². The van der Waals surface area contributed by atoms with E-state index in [-0.39, 0.29) is 13.0 Å². The lowest BCUT2D eigenvalue weighted by Gasteiger charge is -2.11. The smallest absolute Gasteiger partial charge is 0.306 e. The summed E-state index contributed by atoms with van der Waals surface area (Å²) in [6.45, 7) is 1.34. The Hall–Kier alpha value is -2.24. The first-order valence-electron chi connectivity index (χ1n) is 5.78. The van der Waals surface area contributed by atoms with Gasteiger partial charge in [0.1, 0.15) is 11.5 Å². The van der Waals surface area contributed by atoms with Gasteiger partial charge in [-0.3, -0.25) is 9.59 Å². The van der Waals surface area contributed by atoms with Gasteiger partial charge in [-0.2, -0.15) is 0 Å². The fraction of sp³-hybridized carbons (Fsp3) is 0.385. The molecule has 1 amide bonds. The lowest BCUT2D eigenvalue weighted by atomic mass is 10.2. The van der Waals surface area contributed by atoms with Crippen LogP contribution in [0, 0.1) is 0 Å². The Bertz CT molecular complexity index is 458. The van der Waals surface area contributed by atoms with Crippen LogP contribution in [-0.4, -0.2) is 32.7 Å². The molecule has 1 aromatic carbocycles. The Kier molecular flexibility index (Phi) is 5.66. The minimum absolute atomic E-state index is 0.235. The number of carbonyl (C=O) groups is 2. The number of amides is 1. The van der Waals surface area contributed by atoms with Gasteiger partial charge in [-0.15, -0.1) is 0 Å². The SMILES string of the molecule is CCC(=O)OCC(=O)Nc1ccc(OC)cc1OC. The summed E-state index contributed by atoms with van der Waals surface area (Å²) in [5.41, 5.74) is 0.487. The van der Waals surface area contributed by atoms with E-state index >= 15 is 0 Å². The van der Waals surface area contributed by atoms with Crippen LogP contribution < -0.4 is 14.8 Å². The van der Waals surface area contributed by atoms with Crippen molar-refractivity contribution in [1.82, 2.24) is 0 Å². The minimum atomic E-state index is -0.426. The van der Waals surface area contributed by atoms with Gasteiger partial charge in [0, 0.05) is 12.5 Å². The summed E-state index contributed by atoms with van der Waals surface area (Å²) in [5.74, 6) is 0.240. The summed E-state index contributed by atoms with van der Waals surface area (Å²) >= 11 is 0. The molecule has 0 heterocycles. The normalized spacial score (nSPS) is 9.63. The third-order valence-corrected chi connectivity index (χ3v) is 2.34. The Balaban J connectivity index is 2.65. The summed E-state index contributed by atoms with van der Waals surface area (Å²) in [7, 11) is 3.03. The highest BCUT2D eigenvalue weighted by atomic mass is 16.5. The van der Waals surface area contributed by atoms with Crippen LogP contribution in [0.1, 0.15) is 13.3 Å². The number of ether oxygens (including phenoxy) is 3. The fourth-order valence-electron chi connectivity index (χ4n) is 1.34. The van der Waals surface area contributed by atoms with Crippen molar-refractivity contribution in [2.75, 3.05) is 26.1 Å². The summed E-state index contributed by atoms with van der Waals surface area (Å²) in [4.78, 5) is 22.5. The van der Waals surface area contributed by atoms with Gasteiger partial charge in [-0.05, 0) is 12.1 Å². The molecule has 0 unspecified atom stereocenters. The predicted molar refractivity (Wildman–Crippen MR) is 69.4 cm³/mol. The molecule has 0 aliphatic heterocycles. The Morgan fingerprint density at radius 1 is 1.21 bits per heavy atom. The van der Waals surface area contributed by atoms with Gasteiger partial charge >= 0.3 is 5.97 Å². The van der Waals surface area contributed by atoms with E-state index in [0.717, 1.165) is 0 Å². The fourth-order valence-corrected chi connectivity index (χ4v) is 1.34. The molecule has 0 bridgehead atoms. The monoisotopic (exact) mass is 267 g/mol. The zero-order chi connectivity index (χ0) is 14.3. The molecule has 104 valence electrons. The largest absolute Gasteiger partial charge is 0.497 e. The van der Waals surface area contributed by atoms with Crippen LogP contribution >= 0.6 is 0 Å². The molecule has 0 saturated carbocycles. The lowest BCUT2D eigenvalue weighted by molar-refractivity contribution is -0.146. The van der Waals surface area contributed by atoms with Gasteiger partial charge in [0.25, 0.3) is 5.91 Å². The van der Waals surface area contributed by atoms with Gasteiger partial charge in [0.05, 0.1) is 19.9 Å².